The molecule has 1 aliphatic carbocycles. The van der Waals surface area contributed by atoms with Gasteiger partial charge in [0.05, 0.1) is 5.92 Å². The third-order valence-corrected chi connectivity index (χ3v) is 3.30. The molecule has 0 aliphatic heterocycles. The fraction of sp³-hybridized carbons (Fsp3) is 0.133. The molecule has 0 saturated heterocycles. The Morgan fingerprint density at radius 3 is 2.41 bits per heavy atom. The molecule has 2 aromatic rings. The van der Waals surface area contributed by atoms with Gasteiger partial charge in [-0.3, -0.25) is 4.79 Å². The first-order valence-electron chi connectivity index (χ1n) is 5.63. The molecule has 0 radical (unpaired) electrons. The van der Waals surface area contributed by atoms with E-state index in [1.165, 1.54) is 12.1 Å². The molecular weight excluding hydrogens is 215 g/mol. The van der Waals surface area contributed by atoms with Crippen LogP contribution in [0.1, 0.15) is 27.4 Å². The fourth-order valence-electron chi connectivity index (χ4n) is 2.40. The minimum Gasteiger partial charge on any atom is -0.293 e. The van der Waals surface area contributed by atoms with Gasteiger partial charge in [0.1, 0.15) is 5.82 Å². The number of rotatable bonds is 1. The van der Waals surface area contributed by atoms with Crippen LogP contribution in [0.5, 0.6) is 0 Å². The van der Waals surface area contributed by atoms with Crippen LogP contribution in [-0.4, -0.2) is 5.78 Å². The Bertz CT molecular complexity index is 572. The van der Waals surface area contributed by atoms with Gasteiger partial charge in [0, 0.05) is 5.56 Å². The maximum absolute atomic E-state index is 12.8. The van der Waals surface area contributed by atoms with Crippen molar-refractivity contribution in [2.24, 2.45) is 0 Å². The molecule has 17 heavy (non-hydrogen) atoms. The predicted octanol–water partition coefficient (Wildman–Crippen LogP) is 3.35. The number of halogens is 1. The summed E-state index contributed by atoms with van der Waals surface area (Å²) in [4.78, 5) is 12.2. The Labute approximate surface area is 98.9 Å². The molecule has 0 N–H and O–H groups in total. The number of benzene rings is 2. The van der Waals surface area contributed by atoms with Gasteiger partial charge in [-0.25, -0.2) is 4.39 Å². The van der Waals surface area contributed by atoms with Crippen LogP contribution in [0.25, 0.3) is 0 Å². The van der Waals surface area contributed by atoms with Gasteiger partial charge in [0.25, 0.3) is 0 Å². The Morgan fingerprint density at radius 2 is 1.71 bits per heavy atom. The second-order valence-corrected chi connectivity index (χ2v) is 4.33. The summed E-state index contributed by atoms with van der Waals surface area (Å²) in [5.41, 5.74) is 2.79. The van der Waals surface area contributed by atoms with Gasteiger partial charge in [-0.05, 0) is 29.7 Å². The molecule has 0 unspecified atom stereocenters. The number of ketones is 1. The van der Waals surface area contributed by atoms with Crippen LogP contribution in [0.15, 0.2) is 48.5 Å². The van der Waals surface area contributed by atoms with E-state index in [-0.39, 0.29) is 17.5 Å². The molecule has 0 heterocycles. The summed E-state index contributed by atoms with van der Waals surface area (Å²) in [6.07, 6.45) is 0.723. The van der Waals surface area contributed by atoms with Gasteiger partial charge in [0.2, 0.25) is 0 Å². The summed E-state index contributed by atoms with van der Waals surface area (Å²) >= 11 is 0. The molecule has 1 atom stereocenters. The molecule has 0 amide bonds. The molecule has 2 heteroatoms. The smallest absolute Gasteiger partial charge is 0.170 e. The normalized spacial score (nSPS) is 18.2. The maximum atomic E-state index is 12.8. The Kier molecular flexibility index (Phi) is 2.29. The van der Waals surface area contributed by atoms with E-state index in [1.54, 1.807) is 12.1 Å². The van der Waals surface area contributed by atoms with Gasteiger partial charge in [-0.15, -0.1) is 0 Å². The van der Waals surface area contributed by atoms with E-state index >= 15 is 0 Å². The Morgan fingerprint density at radius 1 is 1.00 bits per heavy atom. The predicted molar refractivity (Wildman–Crippen MR) is 63.6 cm³/mol. The molecule has 1 nitrogen and oxygen atoms in total. The SMILES string of the molecule is O=C1c2ccccc2C[C@H]1c1ccc(F)cc1. The van der Waals surface area contributed by atoms with Crippen molar-refractivity contribution in [1.29, 1.82) is 0 Å². The Hall–Kier alpha value is -1.96. The molecule has 0 saturated carbocycles. The minimum atomic E-state index is -0.267. The first-order chi connectivity index (χ1) is 8.25. The van der Waals surface area contributed by atoms with E-state index in [0.717, 1.165) is 23.1 Å². The van der Waals surface area contributed by atoms with E-state index < -0.39 is 0 Å². The molecule has 0 spiro atoms. The standard InChI is InChI=1S/C15H11FO/c16-12-7-5-10(6-8-12)14-9-11-3-1-2-4-13(11)15(14)17/h1-8,14H,9H2/t14-/m0/s1. The number of hydrogen-bond acceptors (Lipinski definition) is 1. The van der Waals surface area contributed by atoms with E-state index in [4.69, 9.17) is 0 Å². The number of Topliss-reactive ketones (excluding diaryl/α,β-unsaturated/α-hetero) is 1. The largest absolute Gasteiger partial charge is 0.293 e. The quantitative estimate of drug-likeness (QED) is 0.728. The lowest BCUT2D eigenvalue weighted by Gasteiger charge is -2.07. The van der Waals surface area contributed by atoms with Crippen molar-refractivity contribution >= 4 is 5.78 Å². The summed E-state index contributed by atoms with van der Waals surface area (Å²) in [6.45, 7) is 0. The van der Waals surface area contributed by atoms with E-state index in [0.29, 0.717) is 0 Å². The van der Waals surface area contributed by atoms with Crippen molar-refractivity contribution in [1.82, 2.24) is 0 Å². The number of hydrogen-bond donors (Lipinski definition) is 0. The highest BCUT2D eigenvalue weighted by molar-refractivity contribution is 6.05. The highest BCUT2D eigenvalue weighted by atomic mass is 19.1. The van der Waals surface area contributed by atoms with Gasteiger partial charge in [0.15, 0.2) is 5.78 Å². The van der Waals surface area contributed by atoms with E-state index in [9.17, 15) is 9.18 Å². The van der Waals surface area contributed by atoms with E-state index in [2.05, 4.69) is 0 Å². The van der Waals surface area contributed by atoms with Crippen LogP contribution >= 0.6 is 0 Å². The van der Waals surface area contributed by atoms with Crippen LogP contribution in [0.2, 0.25) is 0 Å². The van der Waals surface area contributed by atoms with Crippen molar-refractivity contribution in [3.05, 3.63) is 71.0 Å². The first-order valence-corrected chi connectivity index (χ1v) is 5.63. The molecule has 0 fully saturated rings. The van der Waals surface area contributed by atoms with Crippen LogP contribution in [-0.2, 0) is 6.42 Å². The molecule has 2 aromatic carbocycles. The summed E-state index contributed by atoms with van der Waals surface area (Å²) in [5, 5.41) is 0. The fourth-order valence-corrected chi connectivity index (χ4v) is 2.40. The number of fused-ring (bicyclic) bond motifs is 1. The van der Waals surface area contributed by atoms with Crippen molar-refractivity contribution in [3.63, 3.8) is 0 Å². The minimum absolute atomic E-state index is 0.145. The van der Waals surface area contributed by atoms with Crippen molar-refractivity contribution in [2.45, 2.75) is 12.3 Å². The summed E-state index contributed by atoms with van der Waals surface area (Å²) in [6, 6.07) is 13.9. The maximum Gasteiger partial charge on any atom is 0.170 e. The molecule has 0 bridgehead atoms. The van der Waals surface area contributed by atoms with Crippen LogP contribution in [0.4, 0.5) is 4.39 Å². The molecule has 0 aromatic heterocycles. The summed E-state index contributed by atoms with van der Waals surface area (Å²) in [5.74, 6) is -0.267. The van der Waals surface area contributed by atoms with Gasteiger partial charge in [-0.2, -0.15) is 0 Å². The van der Waals surface area contributed by atoms with E-state index in [1.807, 2.05) is 24.3 Å². The van der Waals surface area contributed by atoms with Crippen molar-refractivity contribution in [2.75, 3.05) is 0 Å². The van der Waals surface area contributed by atoms with Gasteiger partial charge >= 0.3 is 0 Å². The van der Waals surface area contributed by atoms with Crippen LogP contribution in [0, 0.1) is 5.82 Å². The lowest BCUT2D eigenvalue weighted by molar-refractivity contribution is 0.0973. The topological polar surface area (TPSA) is 17.1 Å². The Balaban J connectivity index is 1.99. The second kappa shape index (κ2) is 3.81. The van der Waals surface area contributed by atoms with Gasteiger partial charge in [-0.1, -0.05) is 36.4 Å². The molecule has 3 rings (SSSR count). The average molecular weight is 226 g/mol. The lowest BCUT2D eigenvalue weighted by Crippen LogP contribution is -2.06. The summed E-state index contributed by atoms with van der Waals surface area (Å²) < 4.78 is 12.8. The number of carbonyl (C=O) groups is 1. The van der Waals surface area contributed by atoms with Crippen molar-refractivity contribution in [3.8, 4) is 0 Å². The third-order valence-electron chi connectivity index (χ3n) is 3.30. The van der Waals surface area contributed by atoms with Crippen LogP contribution in [0.3, 0.4) is 0 Å². The molecule has 1 aliphatic rings. The third kappa shape index (κ3) is 1.66. The van der Waals surface area contributed by atoms with Gasteiger partial charge < -0.3 is 0 Å². The molecular formula is C15H11FO. The number of carbonyl (C=O) groups excluding carboxylic acids is 1. The highest BCUT2D eigenvalue weighted by Crippen LogP contribution is 2.33. The lowest BCUT2D eigenvalue weighted by atomic mass is 9.95. The monoisotopic (exact) mass is 226 g/mol. The molecule has 84 valence electrons. The first kappa shape index (κ1) is 10.2. The van der Waals surface area contributed by atoms with Crippen LogP contribution < -0.4 is 0 Å². The highest BCUT2D eigenvalue weighted by Gasteiger charge is 2.30. The zero-order chi connectivity index (χ0) is 11.8. The second-order valence-electron chi connectivity index (χ2n) is 4.33. The van der Waals surface area contributed by atoms with Crippen molar-refractivity contribution < 1.29 is 9.18 Å². The summed E-state index contributed by atoms with van der Waals surface area (Å²) in [7, 11) is 0. The average Bonchev–Trinajstić information content (AvgIpc) is 2.69. The zero-order valence-corrected chi connectivity index (χ0v) is 9.19. The zero-order valence-electron chi connectivity index (χ0n) is 9.19.